The van der Waals surface area contributed by atoms with Crippen molar-refractivity contribution in [3.8, 4) is 0 Å². The highest BCUT2D eigenvalue weighted by atomic mass is 32.2. The Morgan fingerprint density at radius 2 is 1.73 bits per heavy atom. The minimum Gasteiger partial charge on any atom is -0.348 e. The molecule has 1 saturated heterocycles. The summed E-state index contributed by atoms with van der Waals surface area (Å²) in [7, 11) is 2.13. The first-order valence-corrected chi connectivity index (χ1v) is 10.1. The van der Waals surface area contributed by atoms with E-state index in [2.05, 4.69) is 70.7 Å². The fourth-order valence-corrected chi connectivity index (χ4v) is 4.80. The number of hydrogen-bond donors (Lipinski definition) is 1. The lowest BCUT2D eigenvalue weighted by Gasteiger charge is -2.32. The molecule has 1 unspecified atom stereocenters. The Morgan fingerprint density at radius 1 is 1.04 bits per heavy atom. The lowest BCUT2D eigenvalue weighted by Crippen LogP contribution is -2.48. The molecule has 0 radical (unpaired) electrons. The number of hydrogen-bond acceptors (Lipinski definition) is 4. The van der Waals surface area contributed by atoms with Gasteiger partial charge in [0.2, 0.25) is 5.91 Å². The normalized spacial score (nSPS) is 20.7. The molecule has 1 amide bonds. The second-order valence-electron chi connectivity index (χ2n) is 7.15. The fourth-order valence-electron chi connectivity index (χ4n) is 3.66. The highest BCUT2D eigenvalue weighted by molar-refractivity contribution is 7.99. The number of carbonyl (C=O) groups is 1. The molecule has 136 valence electrons. The zero-order chi connectivity index (χ0) is 17.9. The molecule has 0 bridgehead atoms. The van der Waals surface area contributed by atoms with Gasteiger partial charge in [-0.1, -0.05) is 48.2 Å². The van der Waals surface area contributed by atoms with Crippen LogP contribution in [0.3, 0.4) is 0 Å². The molecule has 4 rings (SSSR count). The number of fused-ring (bicyclic) bond motifs is 2. The number of nitrogens with zero attached hydrogens (tertiary/aromatic N) is 2. The van der Waals surface area contributed by atoms with Gasteiger partial charge in [-0.05, 0) is 36.7 Å². The standard InChI is InChI=1S/C21H25N3OS/c1-23-10-12-24(13-11-23)15-21(25)22-18-14-16-6-2-4-8-19(16)26-20-9-5-3-7-17(18)20/h2-9,18H,10-15H2,1H3,(H,22,25). The minimum absolute atomic E-state index is 0.0299. The van der Waals surface area contributed by atoms with Gasteiger partial charge in [-0.25, -0.2) is 0 Å². The number of amides is 1. The molecule has 2 aliphatic rings. The van der Waals surface area contributed by atoms with E-state index in [4.69, 9.17) is 0 Å². The molecule has 26 heavy (non-hydrogen) atoms. The second kappa shape index (κ2) is 7.82. The van der Waals surface area contributed by atoms with Crippen LogP contribution in [-0.2, 0) is 11.2 Å². The maximum Gasteiger partial charge on any atom is 0.234 e. The predicted octanol–water partition coefficient (Wildman–Crippen LogP) is 2.80. The molecule has 1 N–H and O–H groups in total. The Morgan fingerprint density at radius 3 is 2.54 bits per heavy atom. The first-order chi connectivity index (χ1) is 12.7. The largest absolute Gasteiger partial charge is 0.348 e. The number of likely N-dealkylation sites (N-methyl/N-ethyl adjacent to an activating group) is 1. The van der Waals surface area contributed by atoms with Crippen LogP contribution in [0, 0.1) is 0 Å². The van der Waals surface area contributed by atoms with Crippen LogP contribution in [0.15, 0.2) is 58.3 Å². The smallest absolute Gasteiger partial charge is 0.234 e. The lowest BCUT2D eigenvalue weighted by atomic mass is 9.99. The summed E-state index contributed by atoms with van der Waals surface area (Å²) in [5.74, 6) is 0.124. The molecular weight excluding hydrogens is 342 g/mol. The van der Waals surface area contributed by atoms with E-state index in [9.17, 15) is 4.79 Å². The summed E-state index contributed by atoms with van der Waals surface area (Å²) in [5.41, 5.74) is 2.53. The quantitative estimate of drug-likeness (QED) is 0.905. The summed E-state index contributed by atoms with van der Waals surface area (Å²) < 4.78 is 0. The van der Waals surface area contributed by atoms with E-state index >= 15 is 0 Å². The van der Waals surface area contributed by atoms with Gasteiger partial charge in [0.15, 0.2) is 0 Å². The topological polar surface area (TPSA) is 35.6 Å². The van der Waals surface area contributed by atoms with E-state index in [-0.39, 0.29) is 11.9 Å². The third kappa shape index (κ3) is 3.95. The van der Waals surface area contributed by atoms with Gasteiger partial charge < -0.3 is 10.2 Å². The molecule has 2 aliphatic heterocycles. The lowest BCUT2D eigenvalue weighted by molar-refractivity contribution is -0.123. The van der Waals surface area contributed by atoms with E-state index in [0.717, 1.165) is 32.6 Å². The zero-order valence-corrected chi connectivity index (χ0v) is 16.0. The summed E-state index contributed by atoms with van der Waals surface area (Å²) in [6.45, 7) is 4.47. The average Bonchev–Trinajstić information content (AvgIpc) is 2.80. The Labute approximate surface area is 159 Å². The van der Waals surface area contributed by atoms with Gasteiger partial charge >= 0.3 is 0 Å². The van der Waals surface area contributed by atoms with Crippen LogP contribution in [-0.4, -0.2) is 55.5 Å². The van der Waals surface area contributed by atoms with Crippen LogP contribution in [0.4, 0.5) is 0 Å². The van der Waals surface area contributed by atoms with Crippen molar-refractivity contribution >= 4 is 17.7 Å². The fraction of sp³-hybridized carbons (Fsp3) is 0.381. The molecular formula is C21H25N3OS. The van der Waals surface area contributed by atoms with Crippen LogP contribution < -0.4 is 5.32 Å². The third-order valence-electron chi connectivity index (χ3n) is 5.21. The molecule has 0 aliphatic carbocycles. The van der Waals surface area contributed by atoms with E-state index in [1.807, 2.05) is 0 Å². The maximum absolute atomic E-state index is 12.7. The summed E-state index contributed by atoms with van der Waals surface area (Å²) in [5, 5.41) is 3.31. The summed E-state index contributed by atoms with van der Waals surface area (Å²) in [6, 6.07) is 17.0. The van der Waals surface area contributed by atoms with Crippen LogP contribution >= 0.6 is 11.8 Å². The molecule has 0 aromatic heterocycles. The third-order valence-corrected chi connectivity index (χ3v) is 6.42. The Hall–Kier alpha value is -1.82. The van der Waals surface area contributed by atoms with Gasteiger partial charge in [-0.3, -0.25) is 9.69 Å². The summed E-state index contributed by atoms with van der Waals surface area (Å²) in [4.78, 5) is 19.8. The molecule has 5 heteroatoms. The Balaban J connectivity index is 1.50. The van der Waals surface area contributed by atoms with Gasteiger partial charge in [0.05, 0.1) is 12.6 Å². The van der Waals surface area contributed by atoms with E-state index in [0.29, 0.717) is 6.54 Å². The molecule has 4 nitrogen and oxygen atoms in total. The highest BCUT2D eigenvalue weighted by Crippen LogP contribution is 2.40. The van der Waals surface area contributed by atoms with Gasteiger partial charge in [-0.15, -0.1) is 0 Å². The maximum atomic E-state index is 12.7. The number of nitrogens with one attached hydrogen (secondary N) is 1. The van der Waals surface area contributed by atoms with Crippen LogP contribution in [0.25, 0.3) is 0 Å². The van der Waals surface area contributed by atoms with Crippen LogP contribution in [0.1, 0.15) is 17.2 Å². The SMILES string of the molecule is CN1CCN(CC(=O)NC2Cc3ccccc3Sc3ccccc32)CC1. The van der Waals surface area contributed by atoms with Gasteiger partial charge in [0.1, 0.15) is 0 Å². The predicted molar refractivity (Wildman–Crippen MR) is 106 cm³/mol. The number of benzene rings is 2. The van der Waals surface area contributed by atoms with Crippen LogP contribution in [0.5, 0.6) is 0 Å². The molecule has 2 heterocycles. The molecule has 0 saturated carbocycles. The van der Waals surface area contributed by atoms with Crippen LogP contribution in [0.2, 0.25) is 0 Å². The van der Waals surface area contributed by atoms with Crippen molar-refractivity contribution in [2.24, 2.45) is 0 Å². The van der Waals surface area contributed by atoms with Crippen molar-refractivity contribution in [2.75, 3.05) is 39.8 Å². The van der Waals surface area contributed by atoms with Gasteiger partial charge in [-0.2, -0.15) is 0 Å². The summed E-state index contributed by atoms with van der Waals surface area (Å²) >= 11 is 1.80. The van der Waals surface area contributed by atoms with Crippen molar-refractivity contribution in [2.45, 2.75) is 22.3 Å². The monoisotopic (exact) mass is 367 g/mol. The Kier molecular flexibility index (Phi) is 5.29. The number of carbonyl (C=O) groups excluding carboxylic acids is 1. The van der Waals surface area contributed by atoms with Gasteiger partial charge in [0, 0.05) is 36.0 Å². The second-order valence-corrected chi connectivity index (χ2v) is 8.24. The van der Waals surface area contributed by atoms with Crippen molar-refractivity contribution in [3.63, 3.8) is 0 Å². The molecule has 0 spiro atoms. The van der Waals surface area contributed by atoms with E-state index < -0.39 is 0 Å². The highest BCUT2D eigenvalue weighted by Gasteiger charge is 2.25. The Bertz CT molecular complexity index is 786. The molecule has 1 atom stereocenters. The zero-order valence-electron chi connectivity index (χ0n) is 15.1. The van der Waals surface area contributed by atoms with Crippen molar-refractivity contribution in [1.82, 2.24) is 15.1 Å². The first kappa shape index (κ1) is 17.6. The first-order valence-electron chi connectivity index (χ1n) is 9.24. The van der Waals surface area contributed by atoms with E-state index in [1.54, 1.807) is 11.8 Å². The van der Waals surface area contributed by atoms with Crippen molar-refractivity contribution in [1.29, 1.82) is 0 Å². The van der Waals surface area contributed by atoms with Gasteiger partial charge in [0.25, 0.3) is 0 Å². The average molecular weight is 368 g/mol. The minimum atomic E-state index is 0.0299. The van der Waals surface area contributed by atoms with Crippen molar-refractivity contribution in [3.05, 3.63) is 59.7 Å². The van der Waals surface area contributed by atoms with Crippen molar-refractivity contribution < 1.29 is 4.79 Å². The molecule has 2 aromatic rings. The number of rotatable bonds is 3. The molecule has 2 aromatic carbocycles. The van der Waals surface area contributed by atoms with E-state index in [1.165, 1.54) is 20.9 Å². The number of piperazine rings is 1. The molecule has 1 fully saturated rings. The summed E-state index contributed by atoms with van der Waals surface area (Å²) in [6.07, 6.45) is 0.842.